The predicted octanol–water partition coefficient (Wildman–Crippen LogP) is -2.03. The maximum absolute atomic E-state index is 2.34. The lowest BCUT2D eigenvalue weighted by Gasteiger charge is -1.91. The first kappa shape index (κ1) is 11.3. The molecule has 0 unspecified atom stereocenters. The Morgan fingerprint density at radius 2 is 1.11 bits per heavy atom. The highest BCUT2D eigenvalue weighted by molar-refractivity contribution is 7.18. The number of rotatable bonds is 0. The Hall–Kier alpha value is -0.400. The van der Waals surface area contributed by atoms with Crippen molar-refractivity contribution in [1.29, 1.82) is 0 Å². The van der Waals surface area contributed by atoms with Crippen LogP contribution in [-0.2, 0) is 0 Å². The molecule has 0 aliphatic carbocycles. The lowest BCUT2D eigenvalue weighted by Crippen LogP contribution is -3.66. The van der Waals surface area contributed by atoms with E-state index in [2.05, 4.69) is 59.9 Å². The van der Waals surface area contributed by atoms with E-state index >= 15 is 0 Å². The van der Waals surface area contributed by atoms with Gasteiger partial charge in [0.25, 0.3) is 7.14 Å². The van der Waals surface area contributed by atoms with E-state index in [9.17, 15) is 0 Å². The van der Waals surface area contributed by atoms with Gasteiger partial charge in [-0.25, -0.2) is 0 Å². The van der Waals surface area contributed by atoms with Crippen molar-refractivity contribution >= 4 is 11.3 Å². The minimum Gasteiger partial charge on any atom is -0.125 e. The zero-order valence-electron chi connectivity index (χ0n) is 9.78. The third kappa shape index (κ3) is 1.49. The van der Waals surface area contributed by atoms with E-state index in [4.69, 9.17) is 0 Å². The Balaban J connectivity index is 1.79. The van der Waals surface area contributed by atoms with Crippen molar-refractivity contribution in [1.82, 2.24) is 0 Å². The molecule has 0 saturated carbocycles. The fourth-order valence-electron chi connectivity index (χ4n) is 2.57. The number of fused-ring (bicyclic) bond motifs is 7. The van der Waals surface area contributed by atoms with E-state index in [1.54, 1.807) is 24.0 Å². The fourth-order valence-corrected chi connectivity index (χ4v) is 12.5. The number of benzene rings is 2. The van der Waals surface area contributed by atoms with Crippen LogP contribution in [-0.4, -0.2) is 0 Å². The van der Waals surface area contributed by atoms with Gasteiger partial charge in [-0.05, 0) is 24.3 Å². The van der Waals surface area contributed by atoms with Gasteiger partial charge in [0.05, 0.1) is 20.9 Å². The van der Waals surface area contributed by atoms with Crippen LogP contribution in [0.2, 0.25) is 0 Å². The molecule has 0 atom stereocenters. The van der Waals surface area contributed by atoms with Crippen LogP contribution in [0.3, 0.4) is 0 Å². The topological polar surface area (TPSA) is 0 Å². The minimum atomic E-state index is 0.0695. The van der Waals surface area contributed by atoms with E-state index in [-0.39, 0.29) is 42.4 Å². The summed E-state index contributed by atoms with van der Waals surface area (Å²) in [5, 5.41) is 0. The summed E-state index contributed by atoms with van der Waals surface area (Å²) in [7, 11) is 0. The highest BCUT2D eigenvalue weighted by Crippen LogP contribution is 2.37. The fraction of sp³-hybridized carbons (Fsp3) is 0. The molecule has 3 heteroatoms. The molecule has 0 amide bonds. The van der Waals surface area contributed by atoms with Gasteiger partial charge in [-0.15, -0.1) is 11.3 Å². The zero-order chi connectivity index (χ0) is 12.4. The van der Waals surface area contributed by atoms with Crippen LogP contribution < -0.4 is 42.4 Å². The van der Waals surface area contributed by atoms with Crippen molar-refractivity contribution in [3.05, 3.63) is 62.8 Å². The number of thiophene rings is 1. The summed E-state index contributed by atoms with van der Waals surface area (Å²) in [5.41, 5.74) is 3.07. The Bertz CT molecular complexity index is 765. The molecular formula is C16H8I2S+2. The highest BCUT2D eigenvalue weighted by atomic mass is 127. The number of hydrogen-bond donors (Lipinski definition) is 0. The second kappa shape index (κ2) is 4.05. The number of halogens is 2. The molecule has 0 N–H and O–H groups in total. The molecular weight excluding hydrogens is 478 g/mol. The van der Waals surface area contributed by atoms with Gasteiger partial charge in [-0.2, -0.15) is 0 Å². The Kier molecular flexibility index (Phi) is 2.41. The second-order valence-corrected chi connectivity index (χ2v) is 11.1. The van der Waals surface area contributed by atoms with Crippen LogP contribution in [0.5, 0.6) is 0 Å². The highest BCUT2D eigenvalue weighted by Gasteiger charge is 2.49. The molecule has 2 aromatic carbocycles. The van der Waals surface area contributed by atoms with Gasteiger partial charge in [0.15, 0.2) is 0 Å². The van der Waals surface area contributed by atoms with Crippen LogP contribution in [0.4, 0.5) is 0 Å². The average Bonchev–Trinajstić information content (AvgIpc) is 3.07. The monoisotopic (exact) mass is 486 g/mol. The Morgan fingerprint density at radius 3 is 1.63 bits per heavy atom. The number of hydrogen-bond acceptors (Lipinski definition) is 1. The summed E-state index contributed by atoms with van der Waals surface area (Å²) in [5.74, 6) is 0. The molecule has 3 aromatic rings. The van der Waals surface area contributed by atoms with Gasteiger partial charge in [0.1, 0.15) is 0 Å². The molecule has 0 saturated heterocycles. The lowest BCUT2D eigenvalue weighted by molar-refractivity contribution is -0.645. The molecule has 3 heterocycles. The Labute approximate surface area is 136 Å². The first-order valence-corrected chi connectivity index (χ1v) is 11.2. The van der Waals surface area contributed by atoms with Crippen LogP contribution >= 0.6 is 11.3 Å². The first-order valence-electron chi connectivity index (χ1n) is 6.07. The molecule has 1 aromatic heterocycles. The smallest absolute Gasteiger partial charge is 0.125 e. The van der Waals surface area contributed by atoms with Gasteiger partial charge < -0.3 is 0 Å². The zero-order valence-corrected chi connectivity index (χ0v) is 14.9. The van der Waals surface area contributed by atoms with Crippen LogP contribution in [0, 0.1) is 14.3 Å². The van der Waals surface area contributed by atoms with Crippen LogP contribution in [0.25, 0.3) is 20.9 Å². The molecule has 2 aliphatic heterocycles. The van der Waals surface area contributed by atoms with Crippen molar-refractivity contribution in [2.45, 2.75) is 0 Å². The summed E-state index contributed by atoms with van der Waals surface area (Å²) in [6, 6.07) is 18.1. The van der Waals surface area contributed by atoms with Crippen molar-refractivity contribution < 1.29 is 42.4 Å². The normalized spacial score (nSPS) is 13.9. The largest absolute Gasteiger partial charge is 0.365 e. The molecule has 2 aliphatic rings. The third-order valence-corrected chi connectivity index (χ3v) is 12.7. The molecule has 0 nitrogen and oxygen atoms in total. The molecule has 0 fully saturated rings. The quantitative estimate of drug-likeness (QED) is 0.222. The van der Waals surface area contributed by atoms with Crippen molar-refractivity contribution in [2.75, 3.05) is 0 Å². The molecule has 0 radical (unpaired) electrons. The maximum atomic E-state index is 2.34. The maximum Gasteiger partial charge on any atom is 0.365 e. The van der Waals surface area contributed by atoms with Crippen molar-refractivity contribution in [3.63, 3.8) is 0 Å². The predicted molar refractivity (Wildman–Crippen MR) is 70.0 cm³/mol. The lowest BCUT2D eigenvalue weighted by atomic mass is 10.2. The molecule has 5 rings (SSSR count). The van der Waals surface area contributed by atoms with Gasteiger partial charge in [0.2, 0.25) is 7.14 Å². The van der Waals surface area contributed by atoms with Gasteiger partial charge in [-0.3, -0.25) is 0 Å². The van der Waals surface area contributed by atoms with Gasteiger partial charge in [-0.1, -0.05) is 24.3 Å². The molecule has 0 spiro atoms. The van der Waals surface area contributed by atoms with Gasteiger partial charge >= 0.3 is 42.4 Å². The summed E-state index contributed by atoms with van der Waals surface area (Å²) >= 11 is 2.19. The van der Waals surface area contributed by atoms with E-state index in [0.29, 0.717) is 0 Å². The summed E-state index contributed by atoms with van der Waals surface area (Å²) in [6.07, 6.45) is 0. The van der Waals surface area contributed by atoms with E-state index in [1.807, 2.05) is 0 Å². The standard InChI is InChI=1S/C16H8I2S/c1-3-7-11-9(5-1)15-13(17-11)14-16(19-15)10-6-2-4-8-12(10)18-14/h1-8H/q+2. The van der Waals surface area contributed by atoms with Crippen molar-refractivity contribution in [3.8, 4) is 20.9 Å². The van der Waals surface area contributed by atoms with Gasteiger partial charge in [0, 0.05) is 0 Å². The van der Waals surface area contributed by atoms with E-state index in [0.717, 1.165) is 0 Å². The average molecular weight is 486 g/mol. The summed E-state index contributed by atoms with van der Waals surface area (Å²) < 4.78 is 6.77. The molecule has 19 heavy (non-hydrogen) atoms. The second-order valence-electron chi connectivity index (χ2n) is 4.54. The van der Waals surface area contributed by atoms with E-state index in [1.165, 1.54) is 11.1 Å². The van der Waals surface area contributed by atoms with Crippen LogP contribution in [0.15, 0.2) is 48.5 Å². The molecule has 90 valence electrons. The summed E-state index contributed by atoms with van der Waals surface area (Å²) in [4.78, 5) is 3.20. The van der Waals surface area contributed by atoms with Crippen LogP contribution in [0.1, 0.15) is 0 Å². The molecule has 0 bridgehead atoms. The Morgan fingerprint density at radius 1 is 0.632 bits per heavy atom. The summed E-state index contributed by atoms with van der Waals surface area (Å²) in [6.45, 7) is 0. The van der Waals surface area contributed by atoms with E-state index < -0.39 is 0 Å². The third-order valence-electron chi connectivity index (χ3n) is 3.43. The first-order chi connectivity index (χ1) is 9.42. The minimum absolute atomic E-state index is 0.0695. The SMILES string of the molecule is c1ccc2c(c1)[I+]c1c-2sc2c1[I+]c1ccccc1-2. The van der Waals surface area contributed by atoms with Crippen molar-refractivity contribution in [2.24, 2.45) is 0 Å².